The third-order valence-corrected chi connectivity index (χ3v) is 3.04. The summed E-state index contributed by atoms with van der Waals surface area (Å²) in [6, 6.07) is 0.663. The van der Waals surface area contributed by atoms with Crippen LogP contribution in [0.2, 0.25) is 0 Å². The summed E-state index contributed by atoms with van der Waals surface area (Å²) in [4.78, 5) is 9.22. The van der Waals surface area contributed by atoms with Crippen LogP contribution >= 0.6 is 0 Å². The fourth-order valence-electron chi connectivity index (χ4n) is 1.67. The molecule has 2 atom stereocenters. The van der Waals surface area contributed by atoms with E-state index in [0.717, 1.165) is 18.7 Å². The van der Waals surface area contributed by atoms with Gasteiger partial charge in [-0.25, -0.2) is 0 Å². The van der Waals surface area contributed by atoms with E-state index in [1.165, 1.54) is 25.3 Å². The largest absolute Gasteiger partial charge is 0.402 e. The van der Waals surface area contributed by atoms with Gasteiger partial charge in [-0.15, -0.1) is 0 Å². The summed E-state index contributed by atoms with van der Waals surface area (Å²) in [6.45, 7) is 16.1. The average molecular weight is 295 g/mol. The highest BCUT2D eigenvalue weighted by Gasteiger charge is 2.17. The van der Waals surface area contributed by atoms with Gasteiger partial charge < -0.3 is 16.8 Å². The van der Waals surface area contributed by atoms with Crippen molar-refractivity contribution in [1.82, 2.24) is 5.32 Å². The minimum absolute atomic E-state index is 0.333. The lowest BCUT2D eigenvalue weighted by atomic mass is 9.94. The molecule has 4 nitrogen and oxygen atoms in total. The lowest BCUT2D eigenvalue weighted by Gasteiger charge is -2.27. The summed E-state index contributed by atoms with van der Waals surface area (Å²) in [7, 11) is 0. The van der Waals surface area contributed by atoms with Gasteiger partial charge >= 0.3 is 0 Å². The number of nitrogens with one attached hydrogen (secondary N) is 1. The molecule has 0 spiro atoms. The Hall–Kier alpha value is -1.55. The standard InChI is InChI=1S/C8H16N2.C7H12.C2H5NO/c1-6-3-4-8(5-10-6)7(2)9;1-4-6-7(3)5-2;1-2(3)4/h6,8,10H,2-5,9H2,1H3;4,6H,3,5H2,1-2H3;1H3,(H2,3,4)/b;6-4-;. The van der Waals surface area contributed by atoms with Crippen molar-refractivity contribution in [2.45, 2.75) is 53.0 Å². The second-order valence-corrected chi connectivity index (χ2v) is 5.28. The molecule has 0 bridgehead atoms. The Morgan fingerprint density at radius 1 is 1.33 bits per heavy atom. The molecule has 0 aliphatic carbocycles. The van der Waals surface area contributed by atoms with Gasteiger partial charge in [0.15, 0.2) is 0 Å². The van der Waals surface area contributed by atoms with Crippen LogP contribution in [-0.4, -0.2) is 18.5 Å². The summed E-state index contributed by atoms with van der Waals surface area (Å²) in [5.41, 5.74) is 12.1. The number of hydrogen-bond acceptors (Lipinski definition) is 3. The first-order valence-corrected chi connectivity index (χ1v) is 7.48. The van der Waals surface area contributed by atoms with Gasteiger partial charge in [0.05, 0.1) is 0 Å². The van der Waals surface area contributed by atoms with Crippen molar-refractivity contribution in [1.29, 1.82) is 0 Å². The van der Waals surface area contributed by atoms with Crippen LogP contribution in [0.25, 0.3) is 0 Å². The van der Waals surface area contributed by atoms with Crippen LogP contribution in [0.3, 0.4) is 0 Å². The maximum absolute atomic E-state index is 9.22. The molecule has 21 heavy (non-hydrogen) atoms. The van der Waals surface area contributed by atoms with E-state index in [1.54, 1.807) is 0 Å². The van der Waals surface area contributed by atoms with E-state index in [1.807, 2.05) is 19.1 Å². The zero-order valence-corrected chi connectivity index (χ0v) is 14.1. The molecular formula is C17H33N3O. The van der Waals surface area contributed by atoms with Crippen molar-refractivity contribution in [3.63, 3.8) is 0 Å². The van der Waals surface area contributed by atoms with Crippen LogP contribution in [0, 0.1) is 5.92 Å². The molecule has 0 saturated carbocycles. The van der Waals surface area contributed by atoms with Crippen LogP contribution in [0.15, 0.2) is 36.6 Å². The Kier molecular flexibility index (Phi) is 13.9. The third-order valence-electron chi connectivity index (χ3n) is 3.04. The van der Waals surface area contributed by atoms with E-state index < -0.39 is 0 Å². The number of hydrogen-bond donors (Lipinski definition) is 3. The molecule has 2 unspecified atom stereocenters. The van der Waals surface area contributed by atoms with Gasteiger partial charge in [0, 0.05) is 31.1 Å². The fraction of sp³-hybridized carbons (Fsp3) is 0.588. The van der Waals surface area contributed by atoms with E-state index in [0.29, 0.717) is 12.0 Å². The first kappa shape index (κ1) is 21.7. The molecule has 1 amide bonds. The predicted molar refractivity (Wildman–Crippen MR) is 92.6 cm³/mol. The molecule has 1 aliphatic heterocycles. The molecule has 5 N–H and O–H groups in total. The molecule has 0 radical (unpaired) electrons. The molecule has 1 aliphatic rings. The molecule has 1 fully saturated rings. The number of carbonyl (C=O) groups excluding carboxylic acids is 1. The first-order chi connectivity index (χ1) is 9.74. The minimum Gasteiger partial charge on any atom is -0.402 e. The zero-order chi connectivity index (χ0) is 16.8. The molecule has 0 aromatic heterocycles. The summed E-state index contributed by atoms with van der Waals surface area (Å²) >= 11 is 0. The van der Waals surface area contributed by atoms with Crippen molar-refractivity contribution in [2.24, 2.45) is 17.4 Å². The Labute approximate surface area is 130 Å². The van der Waals surface area contributed by atoms with Gasteiger partial charge in [-0.2, -0.15) is 0 Å². The van der Waals surface area contributed by atoms with Crippen molar-refractivity contribution in [3.8, 4) is 0 Å². The summed E-state index contributed by atoms with van der Waals surface area (Å²) in [5, 5.41) is 3.37. The fourth-order valence-corrected chi connectivity index (χ4v) is 1.67. The van der Waals surface area contributed by atoms with Crippen molar-refractivity contribution >= 4 is 5.91 Å². The number of primary amides is 1. The number of nitrogens with two attached hydrogens (primary N) is 2. The maximum atomic E-state index is 9.22. The predicted octanol–water partition coefficient (Wildman–Crippen LogP) is 2.87. The van der Waals surface area contributed by atoms with Gasteiger partial charge in [0.2, 0.25) is 5.91 Å². The number of amides is 1. The monoisotopic (exact) mass is 295 g/mol. The van der Waals surface area contributed by atoms with E-state index in [9.17, 15) is 4.79 Å². The molecule has 0 aromatic rings. The third kappa shape index (κ3) is 16.4. The van der Waals surface area contributed by atoms with E-state index >= 15 is 0 Å². The Morgan fingerprint density at radius 3 is 2.10 bits per heavy atom. The molecule has 1 rings (SSSR count). The second kappa shape index (κ2) is 13.4. The number of piperidine rings is 1. The Bertz CT molecular complexity index is 336. The summed E-state index contributed by atoms with van der Waals surface area (Å²) in [6.07, 6.45) is 7.51. The quantitative estimate of drug-likeness (QED) is 0.700. The van der Waals surface area contributed by atoms with Crippen molar-refractivity contribution < 1.29 is 4.79 Å². The molecule has 4 heteroatoms. The minimum atomic E-state index is -0.333. The van der Waals surface area contributed by atoms with Gasteiger partial charge in [-0.05, 0) is 33.1 Å². The summed E-state index contributed by atoms with van der Waals surface area (Å²) in [5.74, 6) is 0.177. The van der Waals surface area contributed by atoms with Crippen LogP contribution in [-0.2, 0) is 4.79 Å². The van der Waals surface area contributed by atoms with Gasteiger partial charge in [-0.1, -0.05) is 37.8 Å². The Balaban J connectivity index is 0. The average Bonchev–Trinajstić information content (AvgIpc) is 2.39. The van der Waals surface area contributed by atoms with Crippen LogP contribution in [0.5, 0.6) is 0 Å². The zero-order valence-electron chi connectivity index (χ0n) is 14.1. The van der Waals surface area contributed by atoms with E-state index in [2.05, 4.69) is 38.1 Å². The highest BCUT2D eigenvalue weighted by atomic mass is 16.1. The maximum Gasteiger partial charge on any atom is 0.214 e. The molecular weight excluding hydrogens is 262 g/mol. The lowest BCUT2D eigenvalue weighted by Crippen LogP contribution is -2.38. The molecule has 0 aromatic carbocycles. The lowest BCUT2D eigenvalue weighted by molar-refractivity contribution is -0.115. The number of allylic oxidation sites excluding steroid dienone is 3. The SMILES string of the molecule is C=C(/C=C\C)CC.C=C(N)C1CCC(C)NC1.CC(N)=O. The van der Waals surface area contributed by atoms with Gasteiger partial charge in [0.1, 0.15) is 0 Å². The van der Waals surface area contributed by atoms with Crippen LogP contribution < -0.4 is 16.8 Å². The van der Waals surface area contributed by atoms with Gasteiger partial charge in [-0.3, -0.25) is 4.79 Å². The molecule has 1 heterocycles. The van der Waals surface area contributed by atoms with Crippen LogP contribution in [0.1, 0.15) is 47.0 Å². The van der Waals surface area contributed by atoms with Crippen molar-refractivity contribution in [2.75, 3.05) is 6.54 Å². The normalized spacial score (nSPS) is 20.6. The first-order valence-electron chi connectivity index (χ1n) is 7.48. The highest BCUT2D eigenvalue weighted by molar-refractivity contribution is 5.70. The van der Waals surface area contributed by atoms with Crippen LogP contribution in [0.4, 0.5) is 0 Å². The molecule has 122 valence electrons. The second-order valence-electron chi connectivity index (χ2n) is 5.28. The molecule has 1 saturated heterocycles. The summed E-state index contributed by atoms with van der Waals surface area (Å²) < 4.78 is 0. The highest BCUT2D eigenvalue weighted by Crippen LogP contribution is 2.17. The number of carbonyl (C=O) groups is 1. The Morgan fingerprint density at radius 2 is 1.86 bits per heavy atom. The van der Waals surface area contributed by atoms with Crippen molar-refractivity contribution in [3.05, 3.63) is 36.6 Å². The van der Waals surface area contributed by atoms with Gasteiger partial charge in [0.25, 0.3) is 0 Å². The van der Waals surface area contributed by atoms with E-state index in [-0.39, 0.29) is 5.91 Å². The topological polar surface area (TPSA) is 81.1 Å². The van der Waals surface area contributed by atoms with E-state index in [4.69, 9.17) is 5.73 Å². The smallest absolute Gasteiger partial charge is 0.214 e. The number of rotatable bonds is 3.